The lowest BCUT2D eigenvalue weighted by Gasteiger charge is -2.08. The Labute approximate surface area is 168 Å². The number of amides is 1. The number of alkyl halides is 2. The lowest BCUT2D eigenvalue weighted by atomic mass is 10.2. The molecule has 10 heteroatoms. The number of rotatable bonds is 8. The summed E-state index contributed by atoms with van der Waals surface area (Å²) in [7, 11) is 0. The molecule has 0 atom stereocenters. The third-order valence-corrected chi connectivity index (χ3v) is 4.75. The van der Waals surface area contributed by atoms with Crippen LogP contribution in [0.25, 0.3) is 5.69 Å². The van der Waals surface area contributed by atoms with Gasteiger partial charge >= 0.3 is 6.61 Å². The molecular formula is C18H15ClF2N4O2S. The molecule has 146 valence electrons. The van der Waals surface area contributed by atoms with Gasteiger partial charge in [0.1, 0.15) is 12.1 Å². The van der Waals surface area contributed by atoms with E-state index in [2.05, 4.69) is 20.3 Å². The fourth-order valence-corrected chi connectivity index (χ4v) is 3.24. The summed E-state index contributed by atoms with van der Waals surface area (Å²) in [4.78, 5) is 12.1. The molecule has 0 radical (unpaired) electrons. The molecule has 28 heavy (non-hydrogen) atoms. The first kappa shape index (κ1) is 20.1. The van der Waals surface area contributed by atoms with Crippen molar-refractivity contribution in [3.63, 3.8) is 0 Å². The molecule has 0 bridgehead atoms. The maximum atomic E-state index is 12.1. The van der Waals surface area contributed by atoms with Crippen LogP contribution in [-0.2, 0) is 11.3 Å². The quantitative estimate of drug-likeness (QED) is 0.555. The fraction of sp³-hybridized carbons (Fsp3) is 0.167. The molecule has 3 rings (SSSR count). The summed E-state index contributed by atoms with van der Waals surface area (Å²) in [6.07, 6.45) is 1.55. The zero-order valence-corrected chi connectivity index (χ0v) is 16.0. The topological polar surface area (TPSA) is 69.0 Å². The largest absolute Gasteiger partial charge is 0.435 e. The monoisotopic (exact) mass is 424 g/mol. The molecule has 1 N–H and O–H groups in total. The van der Waals surface area contributed by atoms with E-state index in [1.54, 1.807) is 35.2 Å². The van der Waals surface area contributed by atoms with Gasteiger partial charge in [-0.2, -0.15) is 8.78 Å². The van der Waals surface area contributed by atoms with Crippen LogP contribution in [0.2, 0.25) is 5.02 Å². The minimum Gasteiger partial charge on any atom is -0.435 e. The van der Waals surface area contributed by atoms with Crippen molar-refractivity contribution in [2.24, 2.45) is 0 Å². The summed E-state index contributed by atoms with van der Waals surface area (Å²) in [6, 6.07) is 13.3. The van der Waals surface area contributed by atoms with Gasteiger partial charge in [0.15, 0.2) is 5.16 Å². The summed E-state index contributed by atoms with van der Waals surface area (Å²) in [5.74, 6) is 0.0192. The zero-order valence-electron chi connectivity index (χ0n) is 14.4. The Morgan fingerprint density at radius 2 is 2.04 bits per heavy atom. The van der Waals surface area contributed by atoms with Gasteiger partial charge in [-0.1, -0.05) is 41.6 Å². The molecule has 6 nitrogen and oxygen atoms in total. The van der Waals surface area contributed by atoms with Crippen molar-refractivity contribution < 1.29 is 18.3 Å². The molecule has 1 heterocycles. The smallest absolute Gasteiger partial charge is 0.387 e. The van der Waals surface area contributed by atoms with Gasteiger partial charge in [-0.05, 0) is 35.9 Å². The zero-order chi connectivity index (χ0) is 19.9. The summed E-state index contributed by atoms with van der Waals surface area (Å²) >= 11 is 7.24. The molecule has 0 aliphatic carbocycles. The van der Waals surface area contributed by atoms with Crippen molar-refractivity contribution in [2.45, 2.75) is 18.3 Å². The molecule has 1 aromatic heterocycles. The third kappa shape index (κ3) is 5.67. The second-order valence-electron chi connectivity index (χ2n) is 5.55. The predicted octanol–water partition coefficient (Wildman–Crippen LogP) is 3.93. The number of aromatic nitrogens is 3. The summed E-state index contributed by atoms with van der Waals surface area (Å²) in [6.45, 7) is -2.59. The number of halogens is 3. The fourth-order valence-electron chi connectivity index (χ4n) is 2.30. The van der Waals surface area contributed by atoms with E-state index >= 15 is 0 Å². The molecular weight excluding hydrogens is 410 g/mol. The Morgan fingerprint density at radius 3 is 2.75 bits per heavy atom. The molecule has 0 fully saturated rings. The highest BCUT2D eigenvalue weighted by atomic mass is 35.5. The maximum Gasteiger partial charge on any atom is 0.387 e. The van der Waals surface area contributed by atoms with Crippen molar-refractivity contribution >= 4 is 29.3 Å². The first-order valence-electron chi connectivity index (χ1n) is 8.10. The van der Waals surface area contributed by atoms with Crippen molar-refractivity contribution in [3.05, 3.63) is 65.4 Å². The van der Waals surface area contributed by atoms with Crippen LogP contribution in [0.15, 0.2) is 60.0 Å². The number of carbonyl (C=O) groups is 1. The van der Waals surface area contributed by atoms with E-state index in [9.17, 15) is 13.6 Å². The number of thioether (sulfide) groups is 1. The average Bonchev–Trinajstić information content (AvgIpc) is 3.14. The van der Waals surface area contributed by atoms with E-state index in [4.69, 9.17) is 11.6 Å². The summed E-state index contributed by atoms with van der Waals surface area (Å²) in [5, 5.41) is 11.8. The minimum absolute atomic E-state index is 0.0704. The highest BCUT2D eigenvalue weighted by molar-refractivity contribution is 7.99. The number of ether oxygens (including phenoxy) is 1. The lowest BCUT2D eigenvalue weighted by molar-refractivity contribution is -0.118. The van der Waals surface area contributed by atoms with Gasteiger partial charge in [0.2, 0.25) is 5.91 Å². The van der Waals surface area contributed by atoms with Gasteiger partial charge in [0.25, 0.3) is 0 Å². The molecule has 0 unspecified atom stereocenters. The van der Waals surface area contributed by atoms with E-state index in [1.807, 2.05) is 12.1 Å². The van der Waals surface area contributed by atoms with E-state index in [-0.39, 0.29) is 24.0 Å². The number of nitrogens with one attached hydrogen (secondary N) is 1. The highest BCUT2D eigenvalue weighted by Gasteiger charge is 2.11. The van der Waals surface area contributed by atoms with Gasteiger partial charge in [0, 0.05) is 11.6 Å². The van der Waals surface area contributed by atoms with E-state index in [1.165, 1.54) is 23.9 Å². The van der Waals surface area contributed by atoms with Crippen molar-refractivity contribution in [1.82, 2.24) is 20.1 Å². The maximum absolute atomic E-state index is 12.1. The predicted molar refractivity (Wildman–Crippen MR) is 102 cm³/mol. The number of hydrogen-bond acceptors (Lipinski definition) is 5. The Kier molecular flexibility index (Phi) is 6.83. The normalized spacial score (nSPS) is 10.9. The number of carbonyl (C=O) groups excluding carboxylic acids is 1. The van der Waals surface area contributed by atoms with Gasteiger partial charge in [-0.3, -0.25) is 9.36 Å². The Hall–Kier alpha value is -2.65. The van der Waals surface area contributed by atoms with Crippen LogP contribution in [0.3, 0.4) is 0 Å². The van der Waals surface area contributed by atoms with E-state index < -0.39 is 6.61 Å². The summed E-state index contributed by atoms with van der Waals surface area (Å²) < 4.78 is 30.3. The second-order valence-corrected chi connectivity index (χ2v) is 6.93. The average molecular weight is 425 g/mol. The molecule has 1 amide bonds. The number of benzene rings is 2. The SMILES string of the molecule is O=C(CSc1nncn1-c1cccc(Cl)c1)NCc1ccc(OC(F)F)cc1. The van der Waals surface area contributed by atoms with Crippen LogP contribution in [0.1, 0.15) is 5.56 Å². The van der Waals surface area contributed by atoms with Crippen molar-refractivity contribution in [3.8, 4) is 11.4 Å². The summed E-state index contributed by atoms with van der Waals surface area (Å²) in [5.41, 5.74) is 1.56. The van der Waals surface area contributed by atoms with Crippen LogP contribution in [0.4, 0.5) is 8.78 Å². The molecule has 0 aliphatic heterocycles. The third-order valence-electron chi connectivity index (χ3n) is 3.57. The Morgan fingerprint density at radius 1 is 1.25 bits per heavy atom. The van der Waals surface area contributed by atoms with Gasteiger partial charge in [-0.25, -0.2) is 0 Å². The van der Waals surface area contributed by atoms with Gasteiger partial charge in [0.05, 0.1) is 11.4 Å². The minimum atomic E-state index is -2.86. The first-order chi connectivity index (χ1) is 13.5. The molecule has 0 saturated heterocycles. The standard InChI is InChI=1S/C18H15ClF2N4O2S/c19-13-2-1-3-14(8-13)25-11-23-24-18(25)28-10-16(26)22-9-12-4-6-15(7-5-12)27-17(20)21/h1-8,11,17H,9-10H2,(H,22,26). The molecule has 3 aromatic rings. The lowest BCUT2D eigenvalue weighted by Crippen LogP contribution is -2.24. The van der Waals surface area contributed by atoms with Crippen LogP contribution in [0, 0.1) is 0 Å². The number of nitrogens with zero attached hydrogens (tertiary/aromatic N) is 3. The molecule has 0 saturated carbocycles. The van der Waals surface area contributed by atoms with Crippen molar-refractivity contribution in [1.29, 1.82) is 0 Å². The van der Waals surface area contributed by atoms with Gasteiger partial charge in [-0.15, -0.1) is 10.2 Å². The van der Waals surface area contributed by atoms with Gasteiger partial charge < -0.3 is 10.1 Å². The molecule has 0 aliphatic rings. The Balaban J connectivity index is 1.51. The van der Waals surface area contributed by atoms with E-state index in [0.717, 1.165) is 11.3 Å². The van der Waals surface area contributed by atoms with Crippen LogP contribution in [-0.4, -0.2) is 33.0 Å². The molecule has 2 aromatic carbocycles. The van der Waals surface area contributed by atoms with Crippen LogP contribution < -0.4 is 10.1 Å². The second kappa shape index (κ2) is 9.52. The first-order valence-corrected chi connectivity index (χ1v) is 9.47. The highest BCUT2D eigenvalue weighted by Crippen LogP contribution is 2.21. The van der Waals surface area contributed by atoms with Crippen LogP contribution in [0.5, 0.6) is 5.75 Å². The van der Waals surface area contributed by atoms with Crippen LogP contribution >= 0.6 is 23.4 Å². The van der Waals surface area contributed by atoms with E-state index in [0.29, 0.717) is 10.2 Å². The Bertz CT molecular complexity index is 937. The van der Waals surface area contributed by atoms with Crippen molar-refractivity contribution in [2.75, 3.05) is 5.75 Å². The number of hydrogen-bond donors (Lipinski definition) is 1. The molecule has 0 spiro atoms.